The Hall–Kier alpha value is -2.47. The average Bonchev–Trinajstić information content (AvgIpc) is 2.55. The smallest absolute Gasteiger partial charge is 0.298 e. The monoisotopic (exact) mass is 361 g/mol. The maximum absolute atomic E-state index is 11.1. The van der Waals surface area contributed by atoms with Crippen molar-refractivity contribution in [3.63, 3.8) is 0 Å². The van der Waals surface area contributed by atoms with Crippen LogP contribution in [0.15, 0.2) is 40.6 Å². The number of aryl methyl sites for hydroxylation is 1. The van der Waals surface area contributed by atoms with Gasteiger partial charge in [0.1, 0.15) is 11.4 Å². The minimum atomic E-state index is -0.568. The summed E-state index contributed by atoms with van der Waals surface area (Å²) in [6, 6.07) is 7.76. The summed E-state index contributed by atoms with van der Waals surface area (Å²) in [5.41, 5.74) is 1.58. The zero-order valence-corrected chi connectivity index (χ0v) is 15.3. The molecule has 0 heterocycles. The third kappa shape index (κ3) is 4.14. The molecule has 0 amide bonds. The summed E-state index contributed by atoms with van der Waals surface area (Å²) in [5, 5.41) is 29.9. The summed E-state index contributed by atoms with van der Waals surface area (Å²) in [7, 11) is 0. The molecule has 0 aromatic heterocycles. The van der Waals surface area contributed by atoms with Crippen molar-refractivity contribution in [1.82, 2.24) is 0 Å². The molecule has 25 heavy (non-hydrogen) atoms. The maximum Gasteiger partial charge on any atom is 0.298 e. The van der Waals surface area contributed by atoms with Crippen LogP contribution in [0.25, 0.3) is 0 Å². The van der Waals surface area contributed by atoms with Crippen molar-refractivity contribution in [1.29, 1.82) is 0 Å². The largest absolute Gasteiger partial charge is 0.505 e. The van der Waals surface area contributed by atoms with Crippen molar-refractivity contribution in [2.75, 3.05) is 0 Å². The number of azo groups is 1. The number of hydrogen-bond donors (Lipinski definition) is 1. The van der Waals surface area contributed by atoms with Crippen LogP contribution in [0.2, 0.25) is 5.02 Å². The second kappa shape index (κ2) is 7.19. The van der Waals surface area contributed by atoms with Gasteiger partial charge in [-0.25, -0.2) is 0 Å². The molecule has 0 radical (unpaired) electrons. The van der Waals surface area contributed by atoms with Crippen molar-refractivity contribution in [3.8, 4) is 5.75 Å². The van der Waals surface area contributed by atoms with Gasteiger partial charge in [-0.2, -0.15) is 0 Å². The summed E-state index contributed by atoms with van der Waals surface area (Å²) in [4.78, 5) is 10.6. The second-order valence-corrected chi connectivity index (χ2v) is 6.94. The Bertz CT molecular complexity index is 848. The Morgan fingerprint density at radius 3 is 2.44 bits per heavy atom. The van der Waals surface area contributed by atoms with Crippen LogP contribution in [-0.2, 0) is 5.41 Å². The highest BCUT2D eigenvalue weighted by Gasteiger charge is 2.24. The topological polar surface area (TPSA) is 88.1 Å². The third-order valence-electron chi connectivity index (χ3n) is 4.25. The molecule has 132 valence electrons. The molecular formula is C18H20ClN3O3. The first-order chi connectivity index (χ1) is 11.7. The van der Waals surface area contributed by atoms with Gasteiger partial charge in [0.25, 0.3) is 5.69 Å². The first-order valence-electron chi connectivity index (χ1n) is 7.85. The lowest BCUT2D eigenvalue weighted by atomic mass is 9.81. The molecule has 2 rings (SSSR count). The molecule has 0 fully saturated rings. The zero-order valence-electron chi connectivity index (χ0n) is 14.6. The van der Waals surface area contributed by atoms with Crippen LogP contribution >= 0.6 is 11.6 Å². The van der Waals surface area contributed by atoms with Gasteiger partial charge in [0.15, 0.2) is 5.69 Å². The van der Waals surface area contributed by atoms with E-state index in [1.165, 1.54) is 18.2 Å². The summed E-state index contributed by atoms with van der Waals surface area (Å²) in [6.07, 6.45) is 0.837. The zero-order chi connectivity index (χ0) is 18.8. The van der Waals surface area contributed by atoms with Gasteiger partial charge in [-0.05, 0) is 42.5 Å². The molecule has 6 nitrogen and oxygen atoms in total. The van der Waals surface area contributed by atoms with E-state index in [0.29, 0.717) is 0 Å². The van der Waals surface area contributed by atoms with Crippen LogP contribution in [0.3, 0.4) is 0 Å². The first-order valence-corrected chi connectivity index (χ1v) is 8.23. The highest BCUT2D eigenvalue weighted by Crippen LogP contribution is 2.41. The number of benzene rings is 2. The molecule has 0 bridgehead atoms. The standard InChI is InChI=1S/C18H20ClN3O3/c1-5-18(3,4)13-8-11(2)9-15(17(13)23)21-20-14-7-6-12(19)10-16(14)22(24)25/h6-10,23H,5H2,1-4H3. The molecule has 2 aromatic rings. The Morgan fingerprint density at radius 2 is 1.84 bits per heavy atom. The number of hydrogen-bond acceptors (Lipinski definition) is 5. The van der Waals surface area contributed by atoms with Crippen LogP contribution < -0.4 is 0 Å². The number of phenolic OH excluding ortho intramolecular Hbond substituents is 1. The molecule has 2 aromatic carbocycles. The molecule has 0 atom stereocenters. The van der Waals surface area contributed by atoms with Crippen LogP contribution in [0.4, 0.5) is 17.1 Å². The summed E-state index contributed by atoms with van der Waals surface area (Å²) < 4.78 is 0. The van der Waals surface area contributed by atoms with Gasteiger partial charge in [-0.1, -0.05) is 38.4 Å². The van der Waals surface area contributed by atoms with Gasteiger partial charge >= 0.3 is 0 Å². The van der Waals surface area contributed by atoms with E-state index in [1.54, 1.807) is 6.07 Å². The third-order valence-corrected chi connectivity index (χ3v) is 4.48. The Kier molecular flexibility index (Phi) is 5.42. The normalized spacial score (nSPS) is 11.9. The van der Waals surface area contributed by atoms with E-state index in [2.05, 4.69) is 10.2 Å². The Labute approximate surface area is 151 Å². The predicted molar refractivity (Wildman–Crippen MR) is 98.4 cm³/mol. The number of rotatable bonds is 5. The highest BCUT2D eigenvalue weighted by molar-refractivity contribution is 6.30. The van der Waals surface area contributed by atoms with Crippen LogP contribution in [0.1, 0.15) is 38.3 Å². The van der Waals surface area contributed by atoms with Gasteiger partial charge in [-0.3, -0.25) is 10.1 Å². The van der Waals surface area contributed by atoms with E-state index in [0.717, 1.165) is 17.5 Å². The molecule has 0 aliphatic rings. The molecule has 1 N–H and O–H groups in total. The van der Waals surface area contributed by atoms with Crippen LogP contribution in [-0.4, -0.2) is 10.0 Å². The van der Waals surface area contributed by atoms with Gasteiger partial charge in [0.05, 0.1) is 4.92 Å². The van der Waals surface area contributed by atoms with E-state index < -0.39 is 4.92 Å². The lowest BCUT2D eigenvalue weighted by Crippen LogP contribution is -2.15. The number of phenols is 1. The number of nitrogens with zero attached hydrogens (tertiary/aromatic N) is 3. The fraction of sp³-hybridized carbons (Fsp3) is 0.333. The molecule has 0 saturated carbocycles. The maximum atomic E-state index is 11.1. The van der Waals surface area contributed by atoms with Gasteiger partial charge in [-0.15, -0.1) is 10.2 Å². The fourth-order valence-electron chi connectivity index (χ4n) is 2.38. The van der Waals surface area contributed by atoms with Crippen LogP contribution in [0.5, 0.6) is 5.75 Å². The minimum absolute atomic E-state index is 0.0396. The number of halogens is 1. The van der Waals surface area contributed by atoms with E-state index in [4.69, 9.17) is 11.6 Å². The van der Waals surface area contributed by atoms with Crippen molar-refractivity contribution < 1.29 is 10.0 Å². The van der Waals surface area contributed by atoms with E-state index in [1.807, 2.05) is 33.8 Å². The van der Waals surface area contributed by atoms with Crippen molar-refractivity contribution in [3.05, 3.63) is 56.6 Å². The first kappa shape index (κ1) is 18.9. The summed E-state index contributed by atoms with van der Waals surface area (Å²) in [5.74, 6) is 0.0396. The van der Waals surface area contributed by atoms with E-state index >= 15 is 0 Å². The molecule has 0 aliphatic carbocycles. The van der Waals surface area contributed by atoms with Gasteiger partial charge < -0.3 is 5.11 Å². The average molecular weight is 362 g/mol. The lowest BCUT2D eigenvalue weighted by Gasteiger charge is -2.25. The summed E-state index contributed by atoms with van der Waals surface area (Å²) >= 11 is 5.79. The van der Waals surface area contributed by atoms with Crippen molar-refractivity contribution in [2.45, 2.75) is 39.5 Å². The highest BCUT2D eigenvalue weighted by atomic mass is 35.5. The molecule has 0 saturated heterocycles. The van der Waals surface area contributed by atoms with Gasteiger partial charge in [0, 0.05) is 16.7 Å². The quantitative estimate of drug-likeness (QED) is 0.381. The van der Waals surface area contributed by atoms with Crippen molar-refractivity contribution >= 4 is 28.7 Å². The van der Waals surface area contributed by atoms with Crippen LogP contribution in [0, 0.1) is 17.0 Å². The molecule has 0 aliphatic heterocycles. The number of nitro benzene ring substituents is 1. The molecular weight excluding hydrogens is 342 g/mol. The Morgan fingerprint density at radius 1 is 1.20 bits per heavy atom. The van der Waals surface area contributed by atoms with E-state index in [9.17, 15) is 15.2 Å². The minimum Gasteiger partial charge on any atom is -0.505 e. The van der Waals surface area contributed by atoms with E-state index in [-0.39, 0.29) is 33.2 Å². The predicted octanol–water partition coefficient (Wildman–Crippen LogP) is 6.37. The molecule has 0 spiro atoms. The second-order valence-electron chi connectivity index (χ2n) is 6.51. The molecule has 7 heteroatoms. The van der Waals surface area contributed by atoms with Gasteiger partial charge in [0.2, 0.25) is 0 Å². The lowest BCUT2D eigenvalue weighted by molar-refractivity contribution is -0.384. The Balaban J connectivity index is 2.52. The fourth-order valence-corrected chi connectivity index (χ4v) is 2.54. The number of nitro groups is 1. The number of aromatic hydroxyl groups is 1. The van der Waals surface area contributed by atoms with Crippen molar-refractivity contribution in [2.24, 2.45) is 10.2 Å². The molecule has 0 unspecified atom stereocenters. The SMILES string of the molecule is CCC(C)(C)c1cc(C)cc(N=Nc2ccc(Cl)cc2[N+](=O)[O-])c1O. The summed E-state index contributed by atoms with van der Waals surface area (Å²) in [6.45, 7) is 8.01.